The Labute approximate surface area is 146 Å². The van der Waals surface area contributed by atoms with Crippen molar-refractivity contribution in [1.82, 2.24) is 15.3 Å². The summed E-state index contributed by atoms with van der Waals surface area (Å²) in [5.41, 5.74) is 0.217. The highest BCUT2D eigenvalue weighted by Crippen LogP contribution is 2.33. The Kier molecular flexibility index (Phi) is 4.75. The standard InChI is InChI=1S/C18H14F3N3O2/c1-2-23-16(25)14-15(11-7-9-22-10-8-11)26-17(24-14)12-3-5-13(6-4-12)18(19,20)21/h3-10H,2H2,1H3,(H,23,25). The van der Waals surface area contributed by atoms with Crippen LogP contribution in [-0.4, -0.2) is 22.4 Å². The number of halogens is 3. The van der Waals surface area contributed by atoms with Crippen LogP contribution in [0, 0.1) is 0 Å². The topological polar surface area (TPSA) is 68.0 Å². The monoisotopic (exact) mass is 361 g/mol. The highest BCUT2D eigenvalue weighted by Gasteiger charge is 2.30. The van der Waals surface area contributed by atoms with E-state index in [1.54, 1.807) is 19.1 Å². The van der Waals surface area contributed by atoms with Gasteiger partial charge in [-0.2, -0.15) is 13.2 Å². The molecule has 0 bridgehead atoms. The SMILES string of the molecule is CCNC(=O)c1nc(-c2ccc(C(F)(F)F)cc2)oc1-c1ccncc1. The lowest BCUT2D eigenvalue weighted by Gasteiger charge is -2.06. The molecule has 8 heteroatoms. The predicted molar refractivity (Wildman–Crippen MR) is 88.2 cm³/mol. The third kappa shape index (κ3) is 3.58. The second-order valence-electron chi connectivity index (χ2n) is 5.37. The predicted octanol–water partition coefficient (Wildman–Crippen LogP) is 4.17. The van der Waals surface area contributed by atoms with Crippen molar-refractivity contribution >= 4 is 5.91 Å². The van der Waals surface area contributed by atoms with Crippen LogP contribution in [0.4, 0.5) is 13.2 Å². The number of hydrogen-bond donors (Lipinski definition) is 1. The average Bonchev–Trinajstić information content (AvgIpc) is 3.07. The number of oxazole rings is 1. The van der Waals surface area contributed by atoms with Gasteiger partial charge in [-0.3, -0.25) is 9.78 Å². The van der Waals surface area contributed by atoms with Crippen LogP contribution in [0.1, 0.15) is 23.0 Å². The molecule has 0 fully saturated rings. The van der Waals surface area contributed by atoms with Gasteiger partial charge in [0.1, 0.15) is 0 Å². The first-order chi connectivity index (χ1) is 12.4. The zero-order valence-corrected chi connectivity index (χ0v) is 13.7. The number of nitrogens with one attached hydrogen (secondary N) is 1. The highest BCUT2D eigenvalue weighted by molar-refractivity contribution is 5.98. The smallest absolute Gasteiger partial charge is 0.416 e. The summed E-state index contributed by atoms with van der Waals surface area (Å²) in [6.45, 7) is 2.16. The van der Waals surface area contributed by atoms with E-state index < -0.39 is 17.6 Å². The Morgan fingerprint density at radius 3 is 2.31 bits per heavy atom. The highest BCUT2D eigenvalue weighted by atomic mass is 19.4. The van der Waals surface area contributed by atoms with Gasteiger partial charge in [0.25, 0.3) is 5.91 Å². The Morgan fingerprint density at radius 2 is 1.73 bits per heavy atom. The lowest BCUT2D eigenvalue weighted by Crippen LogP contribution is -2.23. The van der Waals surface area contributed by atoms with Crippen molar-refractivity contribution in [2.75, 3.05) is 6.54 Å². The Hall–Kier alpha value is -3.16. The van der Waals surface area contributed by atoms with Crippen LogP contribution in [0.3, 0.4) is 0 Å². The second-order valence-corrected chi connectivity index (χ2v) is 5.37. The number of rotatable bonds is 4. The molecule has 1 aromatic carbocycles. The van der Waals surface area contributed by atoms with E-state index >= 15 is 0 Å². The lowest BCUT2D eigenvalue weighted by atomic mass is 10.1. The molecule has 0 unspecified atom stereocenters. The summed E-state index contributed by atoms with van der Waals surface area (Å²) in [5.74, 6) is -0.138. The molecule has 0 radical (unpaired) electrons. The summed E-state index contributed by atoms with van der Waals surface area (Å²) in [5, 5.41) is 2.64. The maximum atomic E-state index is 12.7. The number of amides is 1. The minimum absolute atomic E-state index is 0.0618. The summed E-state index contributed by atoms with van der Waals surface area (Å²) in [6, 6.07) is 7.70. The number of alkyl halides is 3. The summed E-state index contributed by atoms with van der Waals surface area (Å²) in [7, 11) is 0. The van der Waals surface area contributed by atoms with Gasteiger partial charge in [0.2, 0.25) is 5.89 Å². The van der Waals surface area contributed by atoms with E-state index in [1.807, 2.05) is 0 Å². The number of aromatic nitrogens is 2. The van der Waals surface area contributed by atoms with E-state index in [0.29, 0.717) is 17.7 Å². The van der Waals surface area contributed by atoms with Crippen molar-refractivity contribution in [1.29, 1.82) is 0 Å². The Morgan fingerprint density at radius 1 is 1.08 bits per heavy atom. The molecule has 1 amide bonds. The van der Waals surface area contributed by atoms with Crippen molar-refractivity contribution in [2.45, 2.75) is 13.1 Å². The molecule has 0 aliphatic carbocycles. The maximum Gasteiger partial charge on any atom is 0.416 e. The van der Waals surface area contributed by atoms with Crippen molar-refractivity contribution in [3.8, 4) is 22.8 Å². The van der Waals surface area contributed by atoms with Crippen LogP contribution in [0.15, 0.2) is 53.2 Å². The van der Waals surface area contributed by atoms with Gasteiger partial charge in [-0.25, -0.2) is 4.98 Å². The first kappa shape index (κ1) is 17.7. The number of hydrogen-bond acceptors (Lipinski definition) is 4. The first-order valence-electron chi connectivity index (χ1n) is 7.77. The third-order valence-electron chi connectivity index (χ3n) is 3.58. The van der Waals surface area contributed by atoms with Crippen LogP contribution >= 0.6 is 0 Å². The quantitative estimate of drug-likeness (QED) is 0.757. The van der Waals surface area contributed by atoms with Crippen molar-refractivity contribution in [3.05, 3.63) is 60.0 Å². The Bertz CT molecular complexity index is 904. The molecule has 2 heterocycles. The normalized spacial score (nSPS) is 11.4. The molecule has 0 saturated carbocycles. The molecular weight excluding hydrogens is 347 g/mol. The second kappa shape index (κ2) is 6.99. The molecule has 26 heavy (non-hydrogen) atoms. The summed E-state index contributed by atoms with van der Waals surface area (Å²) in [6.07, 6.45) is -1.35. The maximum absolute atomic E-state index is 12.7. The van der Waals surface area contributed by atoms with Crippen LogP contribution in [-0.2, 0) is 6.18 Å². The summed E-state index contributed by atoms with van der Waals surface area (Å²) >= 11 is 0. The molecule has 0 spiro atoms. The first-order valence-corrected chi connectivity index (χ1v) is 7.77. The number of carbonyl (C=O) groups is 1. The minimum Gasteiger partial charge on any atom is -0.435 e. The van der Waals surface area contributed by atoms with E-state index in [9.17, 15) is 18.0 Å². The summed E-state index contributed by atoms with van der Waals surface area (Å²) in [4.78, 5) is 20.4. The number of pyridine rings is 1. The van der Waals surface area contributed by atoms with Crippen LogP contribution in [0.5, 0.6) is 0 Å². The van der Waals surface area contributed by atoms with Crippen LogP contribution in [0.2, 0.25) is 0 Å². The fraction of sp³-hybridized carbons (Fsp3) is 0.167. The molecule has 0 atom stereocenters. The molecule has 3 rings (SSSR count). The average molecular weight is 361 g/mol. The number of benzene rings is 1. The lowest BCUT2D eigenvalue weighted by molar-refractivity contribution is -0.137. The summed E-state index contributed by atoms with van der Waals surface area (Å²) < 4.78 is 43.8. The molecule has 0 aliphatic rings. The van der Waals surface area contributed by atoms with Gasteiger partial charge in [0.15, 0.2) is 11.5 Å². The molecule has 0 aliphatic heterocycles. The number of carbonyl (C=O) groups excluding carboxylic acids is 1. The van der Waals surface area contributed by atoms with Crippen LogP contribution < -0.4 is 5.32 Å². The van der Waals surface area contributed by atoms with Gasteiger partial charge in [-0.15, -0.1) is 0 Å². The van der Waals surface area contributed by atoms with Crippen molar-refractivity contribution in [2.24, 2.45) is 0 Å². The third-order valence-corrected chi connectivity index (χ3v) is 3.58. The molecule has 134 valence electrons. The van der Waals surface area contributed by atoms with E-state index in [1.165, 1.54) is 24.5 Å². The minimum atomic E-state index is -4.43. The number of nitrogens with zero attached hydrogens (tertiary/aromatic N) is 2. The van der Waals surface area contributed by atoms with Gasteiger partial charge in [-0.1, -0.05) is 0 Å². The zero-order chi connectivity index (χ0) is 18.7. The molecule has 3 aromatic rings. The molecule has 0 saturated heterocycles. The van der Waals surface area contributed by atoms with Gasteiger partial charge >= 0.3 is 6.18 Å². The molecule has 5 nitrogen and oxygen atoms in total. The largest absolute Gasteiger partial charge is 0.435 e. The van der Waals surface area contributed by atoms with E-state index in [2.05, 4.69) is 15.3 Å². The zero-order valence-electron chi connectivity index (χ0n) is 13.7. The Balaban J connectivity index is 2.05. The van der Waals surface area contributed by atoms with Gasteiger partial charge in [0, 0.05) is 30.1 Å². The van der Waals surface area contributed by atoms with Crippen molar-refractivity contribution < 1.29 is 22.4 Å². The van der Waals surface area contributed by atoms with Crippen molar-refractivity contribution in [3.63, 3.8) is 0 Å². The van der Waals surface area contributed by atoms with E-state index in [4.69, 9.17) is 4.42 Å². The fourth-order valence-electron chi connectivity index (χ4n) is 2.34. The van der Waals surface area contributed by atoms with Crippen LogP contribution in [0.25, 0.3) is 22.8 Å². The van der Waals surface area contributed by atoms with Gasteiger partial charge in [-0.05, 0) is 43.3 Å². The molecule has 2 aromatic heterocycles. The van der Waals surface area contributed by atoms with E-state index in [0.717, 1.165) is 12.1 Å². The van der Waals surface area contributed by atoms with E-state index in [-0.39, 0.29) is 17.3 Å². The molecular formula is C18H14F3N3O2. The molecule has 1 N–H and O–H groups in total. The van der Waals surface area contributed by atoms with Gasteiger partial charge < -0.3 is 9.73 Å². The fourth-order valence-corrected chi connectivity index (χ4v) is 2.34. The van der Waals surface area contributed by atoms with Gasteiger partial charge in [0.05, 0.1) is 5.56 Å².